The average molecular weight is 264 g/mol. The van der Waals surface area contributed by atoms with Gasteiger partial charge in [0.2, 0.25) is 0 Å². The van der Waals surface area contributed by atoms with Crippen LogP contribution in [0.4, 0.5) is 0 Å². The number of pyridine rings is 1. The molecule has 0 aliphatic carbocycles. The van der Waals surface area contributed by atoms with Gasteiger partial charge in [0.15, 0.2) is 0 Å². The molecule has 1 atom stereocenters. The Morgan fingerprint density at radius 1 is 1.37 bits per heavy atom. The van der Waals surface area contributed by atoms with Crippen molar-refractivity contribution in [1.29, 1.82) is 0 Å². The molecule has 1 rings (SSSR count). The number of hydrogen-bond donors (Lipinski definition) is 2. The second kappa shape index (κ2) is 6.87. The number of carboxylic acids is 1. The van der Waals surface area contributed by atoms with Gasteiger partial charge in [0, 0.05) is 18.2 Å². The van der Waals surface area contributed by atoms with Crippen molar-refractivity contribution in [3.63, 3.8) is 0 Å². The van der Waals surface area contributed by atoms with Crippen LogP contribution < -0.4 is 5.32 Å². The summed E-state index contributed by atoms with van der Waals surface area (Å²) < 4.78 is 0. The fourth-order valence-electron chi connectivity index (χ4n) is 1.86. The van der Waals surface area contributed by atoms with Crippen molar-refractivity contribution in [3.8, 4) is 0 Å². The summed E-state index contributed by atoms with van der Waals surface area (Å²) >= 11 is 0. The van der Waals surface area contributed by atoms with Crippen LogP contribution >= 0.6 is 0 Å². The number of carbonyl (C=O) groups is 2. The Kier molecular flexibility index (Phi) is 5.48. The van der Waals surface area contributed by atoms with E-state index in [9.17, 15) is 9.59 Å². The van der Waals surface area contributed by atoms with Gasteiger partial charge in [-0.25, -0.2) is 0 Å². The molecule has 0 bridgehead atoms. The van der Waals surface area contributed by atoms with Gasteiger partial charge in [0.25, 0.3) is 5.91 Å². The molecule has 0 spiro atoms. The van der Waals surface area contributed by atoms with Gasteiger partial charge in [0.1, 0.15) is 0 Å². The van der Waals surface area contributed by atoms with E-state index in [1.807, 2.05) is 13.8 Å². The van der Waals surface area contributed by atoms with E-state index in [1.54, 1.807) is 19.1 Å². The summed E-state index contributed by atoms with van der Waals surface area (Å²) in [7, 11) is 0. The molecule has 5 nitrogen and oxygen atoms in total. The van der Waals surface area contributed by atoms with Gasteiger partial charge in [-0.15, -0.1) is 0 Å². The van der Waals surface area contributed by atoms with Gasteiger partial charge in [-0.2, -0.15) is 0 Å². The Morgan fingerprint density at radius 2 is 2.05 bits per heavy atom. The molecule has 0 aliphatic heterocycles. The van der Waals surface area contributed by atoms with Gasteiger partial charge < -0.3 is 10.4 Å². The van der Waals surface area contributed by atoms with Crippen molar-refractivity contribution in [2.75, 3.05) is 0 Å². The summed E-state index contributed by atoms with van der Waals surface area (Å²) in [6.45, 7) is 5.55. The van der Waals surface area contributed by atoms with Crippen LogP contribution in [0.2, 0.25) is 0 Å². The van der Waals surface area contributed by atoms with Gasteiger partial charge >= 0.3 is 5.97 Å². The molecule has 0 saturated heterocycles. The van der Waals surface area contributed by atoms with Crippen LogP contribution in [0.25, 0.3) is 0 Å². The molecule has 19 heavy (non-hydrogen) atoms. The van der Waals surface area contributed by atoms with E-state index in [2.05, 4.69) is 10.3 Å². The number of hydrogen-bond acceptors (Lipinski definition) is 3. The summed E-state index contributed by atoms with van der Waals surface area (Å²) in [4.78, 5) is 26.7. The molecule has 5 heteroatoms. The normalized spacial score (nSPS) is 11.9. The fraction of sp³-hybridized carbons (Fsp3) is 0.500. The molecule has 1 amide bonds. The summed E-state index contributed by atoms with van der Waals surface area (Å²) in [5.41, 5.74) is 2.15. The third-order valence-electron chi connectivity index (χ3n) is 2.87. The van der Waals surface area contributed by atoms with Gasteiger partial charge in [0.05, 0.1) is 11.3 Å². The lowest BCUT2D eigenvalue weighted by atomic mass is 10.1. The molecule has 1 unspecified atom stereocenters. The van der Waals surface area contributed by atoms with Gasteiger partial charge in [-0.1, -0.05) is 0 Å². The van der Waals surface area contributed by atoms with E-state index < -0.39 is 5.97 Å². The Balaban J connectivity index is 2.52. The lowest BCUT2D eigenvalue weighted by Crippen LogP contribution is -2.33. The number of amides is 1. The molecule has 0 fully saturated rings. The first-order valence-corrected chi connectivity index (χ1v) is 6.37. The summed E-state index contributed by atoms with van der Waals surface area (Å²) in [5, 5.41) is 11.4. The maximum Gasteiger partial charge on any atom is 0.303 e. The smallest absolute Gasteiger partial charge is 0.303 e. The Hall–Kier alpha value is -1.91. The zero-order chi connectivity index (χ0) is 14.4. The van der Waals surface area contributed by atoms with Gasteiger partial charge in [-0.3, -0.25) is 14.6 Å². The van der Waals surface area contributed by atoms with Crippen molar-refractivity contribution >= 4 is 11.9 Å². The molecule has 1 aromatic heterocycles. The maximum atomic E-state index is 12.0. The van der Waals surface area contributed by atoms with Crippen molar-refractivity contribution in [2.45, 2.75) is 46.1 Å². The van der Waals surface area contributed by atoms with Crippen LogP contribution in [0, 0.1) is 13.8 Å². The molecular weight excluding hydrogens is 244 g/mol. The first-order chi connectivity index (χ1) is 8.90. The Morgan fingerprint density at radius 3 is 2.63 bits per heavy atom. The summed E-state index contributed by atoms with van der Waals surface area (Å²) in [6, 6.07) is 3.51. The lowest BCUT2D eigenvalue weighted by Gasteiger charge is -2.14. The second-order valence-corrected chi connectivity index (χ2v) is 4.75. The highest BCUT2D eigenvalue weighted by Gasteiger charge is 2.13. The van der Waals surface area contributed by atoms with Crippen molar-refractivity contribution < 1.29 is 14.7 Å². The minimum atomic E-state index is -0.808. The SMILES string of the molecule is Cc1ccc(C(=O)NC(C)CCCC(=O)O)c(C)n1. The van der Waals surface area contributed by atoms with Crippen LogP contribution in [0.3, 0.4) is 0 Å². The molecule has 0 radical (unpaired) electrons. The third kappa shape index (κ3) is 5.07. The largest absolute Gasteiger partial charge is 0.481 e. The minimum absolute atomic E-state index is 0.0486. The van der Waals surface area contributed by atoms with E-state index in [1.165, 1.54) is 0 Å². The molecule has 1 heterocycles. The molecule has 0 aromatic carbocycles. The number of carboxylic acid groups (broad SMARTS) is 1. The molecule has 0 saturated carbocycles. The number of aryl methyl sites for hydroxylation is 2. The lowest BCUT2D eigenvalue weighted by molar-refractivity contribution is -0.137. The highest BCUT2D eigenvalue weighted by molar-refractivity contribution is 5.95. The van der Waals surface area contributed by atoms with Crippen molar-refractivity contribution in [3.05, 3.63) is 29.1 Å². The van der Waals surface area contributed by atoms with E-state index >= 15 is 0 Å². The first-order valence-electron chi connectivity index (χ1n) is 6.37. The van der Waals surface area contributed by atoms with E-state index in [0.29, 0.717) is 24.1 Å². The summed E-state index contributed by atoms with van der Waals surface area (Å²) in [6.07, 6.45) is 1.34. The number of nitrogens with zero attached hydrogens (tertiary/aromatic N) is 1. The zero-order valence-corrected chi connectivity index (χ0v) is 11.6. The van der Waals surface area contributed by atoms with Gasteiger partial charge in [-0.05, 0) is 45.7 Å². The van der Waals surface area contributed by atoms with E-state index in [0.717, 1.165) is 5.69 Å². The quantitative estimate of drug-likeness (QED) is 0.824. The highest BCUT2D eigenvalue weighted by atomic mass is 16.4. The number of nitrogens with one attached hydrogen (secondary N) is 1. The van der Waals surface area contributed by atoms with E-state index in [4.69, 9.17) is 5.11 Å². The summed E-state index contributed by atoms with van der Waals surface area (Å²) in [5.74, 6) is -0.968. The highest BCUT2D eigenvalue weighted by Crippen LogP contribution is 2.08. The molecule has 1 aromatic rings. The van der Waals surface area contributed by atoms with Crippen molar-refractivity contribution in [1.82, 2.24) is 10.3 Å². The van der Waals surface area contributed by atoms with Crippen LogP contribution in [-0.2, 0) is 4.79 Å². The fourth-order valence-corrected chi connectivity index (χ4v) is 1.86. The topological polar surface area (TPSA) is 79.3 Å². The molecule has 2 N–H and O–H groups in total. The Bertz CT molecular complexity index is 472. The molecule has 0 aliphatic rings. The number of rotatable bonds is 6. The maximum absolute atomic E-state index is 12.0. The minimum Gasteiger partial charge on any atom is -0.481 e. The average Bonchev–Trinajstić information content (AvgIpc) is 2.27. The molecular formula is C14H20N2O3. The number of aliphatic carboxylic acids is 1. The number of carbonyl (C=O) groups excluding carboxylic acids is 1. The van der Waals surface area contributed by atoms with Crippen LogP contribution in [0.5, 0.6) is 0 Å². The van der Waals surface area contributed by atoms with Crippen LogP contribution in [-0.4, -0.2) is 28.0 Å². The van der Waals surface area contributed by atoms with Crippen molar-refractivity contribution in [2.24, 2.45) is 0 Å². The first kappa shape index (κ1) is 15.1. The monoisotopic (exact) mass is 264 g/mol. The number of aromatic nitrogens is 1. The predicted octanol–water partition coefficient (Wildman–Crippen LogP) is 2.07. The van der Waals surface area contributed by atoms with E-state index in [-0.39, 0.29) is 18.4 Å². The standard InChI is InChI=1S/C14H20N2O3/c1-9(5-4-6-13(17)18)16-14(19)12-8-7-10(2)15-11(12)3/h7-9H,4-6H2,1-3H3,(H,16,19)(H,17,18). The zero-order valence-electron chi connectivity index (χ0n) is 11.6. The third-order valence-corrected chi connectivity index (χ3v) is 2.87. The Labute approximate surface area is 113 Å². The molecule has 104 valence electrons. The second-order valence-electron chi connectivity index (χ2n) is 4.75. The van der Waals surface area contributed by atoms with Crippen LogP contribution in [0.15, 0.2) is 12.1 Å². The predicted molar refractivity (Wildman–Crippen MR) is 72.1 cm³/mol. The van der Waals surface area contributed by atoms with Crippen LogP contribution in [0.1, 0.15) is 47.9 Å².